The number of carbonyl (C=O) groups is 3. The molecule has 1 saturated heterocycles. The van der Waals surface area contributed by atoms with Crippen molar-refractivity contribution in [3.05, 3.63) is 65.9 Å². The molecule has 41 heavy (non-hydrogen) atoms. The molecule has 1 fully saturated rings. The number of methoxy groups -OCH3 is 1. The molecule has 4 rings (SSSR count). The molecule has 0 radical (unpaired) electrons. The van der Waals surface area contributed by atoms with E-state index in [4.69, 9.17) is 4.74 Å². The lowest BCUT2D eigenvalue weighted by atomic mass is 9.93. The number of fused-ring (bicyclic) bond motifs is 1. The van der Waals surface area contributed by atoms with Gasteiger partial charge in [0.15, 0.2) is 0 Å². The number of carbonyl (C=O) groups excluding carboxylic acids is 3. The standard InChI is InChI=1S/C31H38N6O4/c1-19(2)14-25(37-31(40)26-16-22-23(35-26)10-7-11-28(22)41-3)30(39)36-24(15-21-12-13-33-29(21)38)27(17-32)34-18-20-8-5-4-6-9-20/h4-11,16,19,21,24-25,27,34-35H,12-15,18H2,1-3H3,(H,33,38)(H,36,39)(H,37,40)/t21-,24-,25+,27?/m0/s1. The van der Waals surface area contributed by atoms with Crippen molar-refractivity contribution in [2.45, 2.75) is 57.8 Å². The molecule has 5 N–H and O–H groups in total. The first-order valence-electron chi connectivity index (χ1n) is 14.0. The average Bonchev–Trinajstić information content (AvgIpc) is 3.59. The number of nitrogens with zero attached hydrogens (tertiary/aromatic N) is 1. The smallest absolute Gasteiger partial charge is 0.268 e. The number of hydrogen-bond donors (Lipinski definition) is 5. The van der Waals surface area contributed by atoms with E-state index in [-0.39, 0.29) is 17.7 Å². The van der Waals surface area contributed by atoms with Crippen LogP contribution in [0.1, 0.15) is 49.2 Å². The monoisotopic (exact) mass is 558 g/mol. The Balaban J connectivity index is 1.52. The molecule has 1 aliphatic rings. The van der Waals surface area contributed by atoms with Crippen LogP contribution in [-0.2, 0) is 16.1 Å². The number of amides is 3. The van der Waals surface area contributed by atoms with Crippen molar-refractivity contribution < 1.29 is 19.1 Å². The molecule has 10 heteroatoms. The lowest BCUT2D eigenvalue weighted by molar-refractivity contribution is -0.126. The highest BCUT2D eigenvalue weighted by Crippen LogP contribution is 2.26. The molecule has 0 saturated carbocycles. The number of hydrogen-bond acceptors (Lipinski definition) is 6. The Labute approximate surface area is 240 Å². The van der Waals surface area contributed by atoms with E-state index >= 15 is 0 Å². The maximum absolute atomic E-state index is 13.7. The Hall–Kier alpha value is -4.36. The van der Waals surface area contributed by atoms with Crippen molar-refractivity contribution in [1.29, 1.82) is 5.26 Å². The van der Waals surface area contributed by atoms with Gasteiger partial charge in [0, 0.05) is 29.9 Å². The van der Waals surface area contributed by atoms with Crippen LogP contribution in [0.5, 0.6) is 5.75 Å². The number of H-pyrrole nitrogens is 1. The second kappa shape index (κ2) is 13.8. The van der Waals surface area contributed by atoms with E-state index in [2.05, 4.69) is 32.3 Å². The first-order valence-corrected chi connectivity index (χ1v) is 14.0. The third-order valence-electron chi connectivity index (χ3n) is 7.36. The van der Waals surface area contributed by atoms with Gasteiger partial charge in [-0.15, -0.1) is 0 Å². The summed E-state index contributed by atoms with van der Waals surface area (Å²) < 4.78 is 5.40. The Morgan fingerprint density at radius 2 is 1.90 bits per heavy atom. The summed E-state index contributed by atoms with van der Waals surface area (Å²) in [6.45, 7) is 4.94. The van der Waals surface area contributed by atoms with Gasteiger partial charge in [-0.2, -0.15) is 5.26 Å². The highest BCUT2D eigenvalue weighted by atomic mass is 16.5. The molecule has 3 amide bonds. The van der Waals surface area contributed by atoms with E-state index in [1.54, 1.807) is 13.2 Å². The summed E-state index contributed by atoms with van der Waals surface area (Å²) in [5.41, 5.74) is 2.05. The van der Waals surface area contributed by atoms with Crippen LogP contribution < -0.4 is 26.0 Å². The fourth-order valence-electron chi connectivity index (χ4n) is 5.21. The highest BCUT2D eigenvalue weighted by Gasteiger charge is 2.34. The average molecular weight is 559 g/mol. The molecule has 2 heterocycles. The van der Waals surface area contributed by atoms with E-state index in [1.165, 1.54) is 0 Å². The fourth-order valence-corrected chi connectivity index (χ4v) is 5.21. The highest BCUT2D eigenvalue weighted by molar-refractivity contribution is 6.01. The second-order valence-electron chi connectivity index (χ2n) is 10.9. The van der Waals surface area contributed by atoms with Crippen molar-refractivity contribution >= 4 is 28.6 Å². The van der Waals surface area contributed by atoms with Gasteiger partial charge in [-0.05, 0) is 48.9 Å². The van der Waals surface area contributed by atoms with E-state index in [9.17, 15) is 19.6 Å². The zero-order valence-electron chi connectivity index (χ0n) is 23.7. The third kappa shape index (κ3) is 7.64. The van der Waals surface area contributed by atoms with E-state index < -0.39 is 29.9 Å². The SMILES string of the molecule is COc1cccc2[nH]c(C(=O)N[C@H](CC(C)C)C(=O)N[C@@H](C[C@@H]3CCNC3=O)C(C#N)NCc3ccccc3)cc12. The van der Waals surface area contributed by atoms with Crippen LogP contribution >= 0.6 is 0 Å². The Kier molecular flexibility index (Phi) is 9.98. The first-order chi connectivity index (χ1) is 19.8. The number of aromatic nitrogens is 1. The Morgan fingerprint density at radius 3 is 2.56 bits per heavy atom. The molecule has 4 atom stereocenters. The number of benzene rings is 2. The molecule has 1 aromatic heterocycles. The summed E-state index contributed by atoms with van der Waals surface area (Å²) in [5, 5.41) is 22.8. The Morgan fingerprint density at radius 1 is 1.12 bits per heavy atom. The predicted molar refractivity (Wildman–Crippen MR) is 156 cm³/mol. The normalized spacial score (nSPS) is 17.0. The number of nitrogens with one attached hydrogen (secondary N) is 5. The minimum absolute atomic E-state index is 0.0785. The topological polar surface area (TPSA) is 148 Å². The van der Waals surface area contributed by atoms with E-state index in [0.29, 0.717) is 43.8 Å². The summed E-state index contributed by atoms with van der Waals surface area (Å²) in [6.07, 6.45) is 1.34. The fraction of sp³-hybridized carbons (Fsp3) is 0.419. The molecular weight excluding hydrogens is 520 g/mol. The van der Waals surface area contributed by atoms with Gasteiger partial charge in [-0.3, -0.25) is 19.7 Å². The van der Waals surface area contributed by atoms with Crippen molar-refractivity contribution in [2.75, 3.05) is 13.7 Å². The molecule has 0 bridgehead atoms. The quantitative estimate of drug-likeness (QED) is 0.218. The van der Waals surface area contributed by atoms with Crippen LogP contribution in [0.4, 0.5) is 0 Å². The van der Waals surface area contributed by atoms with Crippen LogP contribution in [0.3, 0.4) is 0 Å². The van der Waals surface area contributed by atoms with Gasteiger partial charge in [0.25, 0.3) is 5.91 Å². The second-order valence-corrected chi connectivity index (χ2v) is 10.9. The van der Waals surface area contributed by atoms with Crippen molar-refractivity contribution in [3.8, 4) is 11.8 Å². The molecule has 1 unspecified atom stereocenters. The zero-order valence-corrected chi connectivity index (χ0v) is 23.7. The number of aromatic amines is 1. The number of rotatable bonds is 13. The van der Waals surface area contributed by atoms with Gasteiger partial charge >= 0.3 is 0 Å². The third-order valence-corrected chi connectivity index (χ3v) is 7.36. The lowest BCUT2D eigenvalue weighted by Crippen LogP contribution is -2.56. The molecule has 2 aromatic carbocycles. The summed E-state index contributed by atoms with van der Waals surface area (Å²) in [4.78, 5) is 42.5. The van der Waals surface area contributed by atoms with Crippen LogP contribution in [0, 0.1) is 23.2 Å². The lowest BCUT2D eigenvalue weighted by Gasteiger charge is -2.29. The molecule has 0 spiro atoms. The van der Waals surface area contributed by atoms with Crippen LogP contribution in [-0.4, -0.2) is 54.5 Å². The number of nitriles is 1. The van der Waals surface area contributed by atoms with Gasteiger partial charge in [0.2, 0.25) is 11.8 Å². The Bertz CT molecular complexity index is 1400. The van der Waals surface area contributed by atoms with Crippen molar-refractivity contribution in [3.63, 3.8) is 0 Å². The summed E-state index contributed by atoms with van der Waals surface area (Å²) in [5.74, 6) is -0.463. The van der Waals surface area contributed by atoms with Gasteiger partial charge in [-0.25, -0.2) is 0 Å². The largest absolute Gasteiger partial charge is 0.496 e. The maximum Gasteiger partial charge on any atom is 0.268 e. The predicted octanol–water partition coefficient (Wildman–Crippen LogP) is 3.01. The first kappa shape index (κ1) is 29.6. The van der Waals surface area contributed by atoms with Gasteiger partial charge in [0.1, 0.15) is 23.5 Å². The molecule has 1 aliphatic heterocycles. The van der Waals surface area contributed by atoms with Gasteiger partial charge in [-0.1, -0.05) is 50.2 Å². The zero-order chi connectivity index (χ0) is 29.4. The molecule has 0 aliphatic carbocycles. The van der Waals surface area contributed by atoms with Crippen LogP contribution in [0.2, 0.25) is 0 Å². The molecular formula is C31H38N6O4. The number of ether oxygens (including phenoxy) is 1. The molecule has 216 valence electrons. The summed E-state index contributed by atoms with van der Waals surface area (Å²) in [7, 11) is 1.57. The van der Waals surface area contributed by atoms with Gasteiger partial charge in [0.05, 0.1) is 19.2 Å². The minimum atomic E-state index is -0.843. The maximum atomic E-state index is 13.7. The van der Waals surface area contributed by atoms with Crippen LogP contribution in [0.25, 0.3) is 10.9 Å². The summed E-state index contributed by atoms with van der Waals surface area (Å²) in [6, 6.07) is 16.9. The minimum Gasteiger partial charge on any atom is -0.496 e. The van der Waals surface area contributed by atoms with Gasteiger partial charge < -0.3 is 25.7 Å². The van der Waals surface area contributed by atoms with Crippen molar-refractivity contribution in [2.24, 2.45) is 11.8 Å². The molecule has 3 aromatic rings. The summed E-state index contributed by atoms with van der Waals surface area (Å²) >= 11 is 0. The van der Waals surface area contributed by atoms with Crippen LogP contribution in [0.15, 0.2) is 54.6 Å². The molecule has 10 nitrogen and oxygen atoms in total. The van der Waals surface area contributed by atoms with E-state index in [0.717, 1.165) is 16.5 Å². The van der Waals surface area contributed by atoms with Crippen molar-refractivity contribution in [1.82, 2.24) is 26.3 Å². The van der Waals surface area contributed by atoms with E-state index in [1.807, 2.05) is 62.4 Å².